The quantitative estimate of drug-likeness (QED) is 0.927. The minimum atomic E-state index is -0.0836. The summed E-state index contributed by atoms with van der Waals surface area (Å²) in [6, 6.07) is 7.24. The molecule has 1 aromatic carbocycles. The van der Waals surface area contributed by atoms with Crippen molar-refractivity contribution in [3.05, 3.63) is 40.5 Å². The number of hydrogen-bond acceptors (Lipinski definition) is 4. The first-order valence-electron chi connectivity index (χ1n) is 8.14. The van der Waals surface area contributed by atoms with Gasteiger partial charge in [-0.2, -0.15) is 0 Å². The third-order valence-electron chi connectivity index (χ3n) is 4.24. The van der Waals surface area contributed by atoms with Crippen LogP contribution in [0.5, 0.6) is 0 Å². The number of nitrogens with one attached hydrogen (secondary N) is 1. The first kappa shape index (κ1) is 17.1. The van der Waals surface area contributed by atoms with E-state index in [2.05, 4.69) is 22.2 Å². The summed E-state index contributed by atoms with van der Waals surface area (Å²) >= 11 is 6.04. The first-order chi connectivity index (χ1) is 11.5. The summed E-state index contributed by atoms with van der Waals surface area (Å²) in [5, 5.41) is 4.48. The summed E-state index contributed by atoms with van der Waals surface area (Å²) in [4.78, 5) is 19.4. The number of benzene rings is 1. The number of ether oxygens (including phenoxy) is 1. The second-order valence-corrected chi connectivity index (χ2v) is 6.82. The number of nitrogens with zero attached hydrogens (tertiary/aromatic N) is 2. The Hall–Kier alpha value is -1.69. The maximum Gasteiger partial charge on any atom is 0.252 e. The molecule has 1 unspecified atom stereocenters. The Balaban J connectivity index is 1.76. The molecule has 2 aromatic rings. The van der Waals surface area contributed by atoms with E-state index in [1.165, 1.54) is 0 Å². The lowest BCUT2D eigenvalue weighted by atomic mass is 10.1. The van der Waals surface area contributed by atoms with Crippen molar-refractivity contribution in [2.45, 2.75) is 6.92 Å². The van der Waals surface area contributed by atoms with E-state index < -0.39 is 0 Å². The standard InChI is InChI=1S/C18H22ClN3O2/c1-12-7-16(15-4-3-14(19)8-17(15)21-12)18(23)20-9-13-10-22(2)5-6-24-11-13/h3-4,7-8,13H,5-6,9-11H2,1-2H3,(H,20,23). The number of carbonyl (C=O) groups is 1. The number of hydrogen-bond donors (Lipinski definition) is 1. The van der Waals surface area contributed by atoms with Crippen LogP contribution >= 0.6 is 11.6 Å². The number of aryl methyl sites for hydroxylation is 1. The molecule has 1 amide bonds. The van der Waals surface area contributed by atoms with E-state index in [9.17, 15) is 4.79 Å². The van der Waals surface area contributed by atoms with Gasteiger partial charge in [-0.3, -0.25) is 9.78 Å². The van der Waals surface area contributed by atoms with Crippen molar-refractivity contribution >= 4 is 28.4 Å². The van der Waals surface area contributed by atoms with Gasteiger partial charge in [0, 0.05) is 41.7 Å². The number of fused-ring (bicyclic) bond motifs is 1. The molecule has 0 spiro atoms. The van der Waals surface area contributed by atoms with E-state index in [0.29, 0.717) is 29.7 Å². The van der Waals surface area contributed by atoms with E-state index in [0.717, 1.165) is 36.3 Å². The molecule has 1 atom stereocenters. The molecule has 1 aromatic heterocycles. The molecule has 1 fully saturated rings. The number of carbonyl (C=O) groups excluding carboxylic acids is 1. The number of amides is 1. The predicted molar refractivity (Wildman–Crippen MR) is 95.6 cm³/mol. The average molecular weight is 348 g/mol. The molecule has 128 valence electrons. The van der Waals surface area contributed by atoms with Crippen LogP contribution in [0.2, 0.25) is 5.02 Å². The Morgan fingerprint density at radius 1 is 1.46 bits per heavy atom. The first-order valence-corrected chi connectivity index (χ1v) is 8.52. The maximum absolute atomic E-state index is 12.7. The van der Waals surface area contributed by atoms with Crippen molar-refractivity contribution in [3.8, 4) is 0 Å². The molecule has 1 aliphatic heterocycles. The van der Waals surface area contributed by atoms with Crippen LogP contribution in [0.1, 0.15) is 16.1 Å². The number of likely N-dealkylation sites (N-methyl/N-ethyl adjacent to an activating group) is 1. The molecular formula is C18H22ClN3O2. The summed E-state index contributed by atoms with van der Waals surface area (Å²) in [6.45, 7) is 5.75. The summed E-state index contributed by atoms with van der Waals surface area (Å²) < 4.78 is 5.60. The fourth-order valence-corrected chi connectivity index (χ4v) is 3.20. The van der Waals surface area contributed by atoms with Gasteiger partial charge in [0.25, 0.3) is 5.91 Å². The van der Waals surface area contributed by atoms with Gasteiger partial charge in [0.1, 0.15) is 0 Å². The second-order valence-electron chi connectivity index (χ2n) is 6.39. The van der Waals surface area contributed by atoms with Gasteiger partial charge in [-0.1, -0.05) is 17.7 Å². The topological polar surface area (TPSA) is 54.5 Å². The summed E-state index contributed by atoms with van der Waals surface area (Å²) in [7, 11) is 2.08. The predicted octanol–water partition coefficient (Wildman–Crippen LogP) is 2.50. The molecule has 6 heteroatoms. The smallest absolute Gasteiger partial charge is 0.252 e. The zero-order chi connectivity index (χ0) is 17.1. The monoisotopic (exact) mass is 347 g/mol. The van der Waals surface area contributed by atoms with Crippen molar-refractivity contribution in [1.82, 2.24) is 15.2 Å². The van der Waals surface area contributed by atoms with E-state index in [1.807, 2.05) is 19.1 Å². The van der Waals surface area contributed by atoms with Gasteiger partial charge in [0.2, 0.25) is 0 Å². The molecule has 0 aliphatic carbocycles. The average Bonchev–Trinajstić information content (AvgIpc) is 2.75. The number of rotatable bonds is 3. The van der Waals surface area contributed by atoms with E-state index in [4.69, 9.17) is 16.3 Å². The lowest BCUT2D eigenvalue weighted by Gasteiger charge is -2.19. The van der Waals surface area contributed by atoms with Crippen molar-refractivity contribution in [2.75, 3.05) is 39.9 Å². The van der Waals surface area contributed by atoms with Gasteiger partial charge in [0.05, 0.1) is 24.3 Å². The SMILES string of the molecule is Cc1cc(C(=O)NCC2COCCN(C)C2)c2ccc(Cl)cc2n1. The highest BCUT2D eigenvalue weighted by Gasteiger charge is 2.18. The van der Waals surface area contributed by atoms with Crippen molar-refractivity contribution in [1.29, 1.82) is 0 Å². The molecule has 1 aliphatic rings. The molecule has 3 rings (SSSR count). The van der Waals surface area contributed by atoms with Gasteiger partial charge in [-0.25, -0.2) is 0 Å². The van der Waals surface area contributed by atoms with Gasteiger partial charge in [-0.05, 0) is 32.2 Å². The van der Waals surface area contributed by atoms with Crippen LogP contribution in [0.15, 0.2) is 24.3 Å². The van der Waals surface area contributed by atoms with Crippen molar-refractivity contribution in [2.24, 2.45) is 5.92 Å². The molecule has 1 saturated heterocycles. The van der Waals surface area contributed by atoms with Crippen LogP contribution in [-0.4, -0.2) is 55.7 Å². The summed E-state index contributed by atoms with van der Waals surface area (Å²) in [6.07, 6.45) is 0. The third kappa shape index (κ3) is 4.04. The minimum absolute atomic E-state index is 0.0836. The lowest BCUT2D eigenvalue weighted by Crippen LogP contribution is -2.36. The van der Waals surface area contributed by atoms with E-state index in [-0.39, 0.29) is 5.91 Å². The zero-order valence-corrected chi connectivity index (χ0v) is 14.8. The minimum Gasteiger partial charge on any atom is -0.380 e. The molecule has 0 saturated carbocycles. The Morgan fingerprint density at radius 3 is 3.12 bits per heavy atom. The number of aromatic nitrogens is 1. The van der Waals surface area contributed by atoms with Crippen LogP contribution < -0.4 is 5.32 Å². The maximum atomic E-state index is 12.7. The largest absolute Gasteiger partial charge is 0.380 e. The zero-order valence-electron chi connectivity index (χ0n) is 14.0. The van der Waals surface area contributed by atoms with Crippen LogP contribution in [0.25, 0.3) is 10.9 Å². The molecule has 24 heavy (non-hydrogen) atoms. The summed E-state index contributed by atoms with van der Waals surface area (Å²) in [5.74, 6) is 0.213. The van der Waals surface area contributed by atoms with E-state index in [1.54, 1.807) is 12.1 Å². The fourth-order valence-electron chi connectivity index (χ4n) is 3.03. The van der Waals surface area contributed by atoms with Gasteiger partial charge in [0.15, 0.2) is 0 Å². The number of pyridine rings is 1. The summed E-state index contributed by atoms with van der Waals surface area (Å²) in [5.41, 5.74) is 2.18. The van der Waals surface area contributed by atoms with Crippen molar-refractivity contribution in [3.63, 3.8) is 0 Å². The van der Waals surface area contributed by atoms with Crippen LogP contribution in [0.4, 0.5) is 0 Å². The molecule has 1 N–H and O–H groups in total. The van der Waals surface area contributed by atoms with Crippen LogP contribution in [0.3, 0.4) is 0 Å². The highest BCUT2D eigenvalue weighted by atomic mass is 35.5. The van der Waals surface area contributed by atoms with Crippen LogP contribution in [0, 0.1) is 12.8 Å². The van der Waals surface area contributed by atoms with Crippen LogP contribution in [-0.2, 0) is 4.74 Å². The Kier molecular flexibility index (Phi) is 5.33. The normalized spacial score (nSPS) is 19.2. The fraction of sp³-hybridized carbons (Fsp3) is 0.444. The second kappa shape index (κ2) is 7.47. The highest BCUT2D eigenvalue weighted by molar-refractivity contribution is 6.31. The van der Waals surface area contributed by atoms with Gasteiger partial charge >= 0.3 is 0 Å². The lowest BCUT2D eigenvalue weighted by molar-refractivity contribution is 0.0923. The number of halogens is 1. The Morgan fingerprint density at radius 2 is 2.29 bits per heavy atom. The molecule has 0 bridgehead atoms. The van der Waals surface area contributed by atoms with Gasteiger partial charge < -0.3 is 15.0 Å². The molecular weight excluding hydrogens is 326 g/mol. The van der Waals surface area contributed by atoms with Gasteiger partial charge in [-0.15, -0.1) is 0 Å². The molecule has 2 heterocycles. The molecule has 5 nitrogen and oxygen atoms in total. The molecule has 0 radical (unpaired) electrons. The van der Waals surface area contributed by atoms with Crippen molar-refractivity contribution < 1.29 is 9.53 Å². The third-order valence-corrected chi connectivity index (χ3v) is 4.47. The van der Waals surface area contributed by atoms with E-state index >= 15 is 0 Å². The highest BCUT2D eigenvalue weighted by Crippen LogP contribution is 2.22. The Labute approximate surface area is 146 Å². The Bertz CT molecular complexity index is 745.